The second-order valence-electron chi connectivity index (χ2n) is 7.84. The number of hydrogen-bond acceptors (Lipinski definition) is 4. The number of benzene rings is 4. The van der Waals surface area contributed by atoms with Crippen LogP contribution in [0.2, 0.25) is 0 Å². The highest BCUT2D eigenvalue weighted by Gasteiger charge is 2.01. The normalized spacial score (nSPS) is 10.6. The molecule has 0 aliphatic rings. The van der Waals surface area contributed by atoms with E-state index in [1.54, 1.807) is 0 Å². The molecule has 0 bridgehead atoms. The van der Waals surface area contributed by atoms with Crippen LogP contribution in [0.1, 0.15) is 24.0 Å². The quantitative estimate of drug-likeness (QED) is 0.224. The zero-order chi connectivity index (χ0) is 22.2. The number of nitrogen functional groups attached to an aromatic ring is 2. The van der Waals surface area contributed by atoms with E-state index in [0.717, 1.165) is 48.7 Å². The lowest BCUT2D eigenvalue weighted by atomic mass is 10.0. The molecule has 0 saturated carbocycles. The number of hydrogen-bond donors (Lipinski definition) is 2. The van der Waals surface area contributed by atoms with Crippen LogP contribution in [0.25, 0.3) is 0 Å². The fourth-order valence-corrected chi connectivity index (χ4v) is 3.53. The lowest BCUT2D eigenvalue weighted by Gasteiger charge is -2.08. The summed E-state index contributed by atoms with van der Waals surface area (Å²) in [6, 6.07) is 31.5. The van der Waals surface area contributed by atoms with Crippen LogP contribution >= 0.6 is 0 Å². The predicted molar refractivity (Wildman–Crippen MR) is 131 cm³/mol. The van der Waals surface area contributed by atoms with Gasteiger partial charge in [-0.05, 0) is 85.3 Å². The first kappa shape index (κ1) is 21.3. The van der Waals surface area contributed by atoms with E-state index in [1.165, 1.54) is 11.1 Å². The third-order valence-electron chi connectivity index (χ3n) is 5.22. The first-order valence-electron chi connectivity index (χ1n) is 10.9. The molecule has 0 spiro atoms. The fourth-order valence-electron chi connectivity index (χ4n) is 3.53. The Kier molecular flexibility index (Phi) is 6.93. The lowest BCUT2D eigenvalue weighted by molar-refractivity contribution is 0.482. The number of unbranched alkanes of at least 4 members (excludes halogenated alkanes) is 1. The molecule has 4 heteroatoms. The molecule has 0 amide bonds. The highest BCUT2D eigenvalue weighted by atomic mass is 16.5. The maximum atomic E-state index is 5.85. The summed E-state index contributed by atoms with van der Waals surface area (Å²) in [4.78, 5) is 0. The van der Waals surface area contributed by atoms with Gasteiger partial charge in [0.05, 0.1) is 0 Å². The number of rotatable bonds is 9. The Morgan fingerprint density at radius 3 is 1.25 bits per heavy atom. The van der Waals surface area contributed by atoms with Gasteiger partial charge in [-0.15, -0.1) is 0 Å². The van der Waals surface area contributed by atoms with Crippen molar-refractivity contribution in [1.82, 2.24) is 0 Å². The van der Waals surface area contributed by atoms with E-state index < -0.39 is 0 Å². The smallest absolute Gasteiger partial charge is 0.129 e. The molecule has 4 aromatic rings. The number of ether oxygens (including phenoxy) is 2. The van der Waals surface area contributed by atoms with E-state index in [1.807, 2.05) is 72.8 Å². The van der Waals surface area contributed by atoms with Crippen LogP contribution in [0.15, 0.2) is 97.1 Å². The van der Waals surface area contributed by atoms with Gasteiger partial charge in [0.25, 0.3) is 0 Å². The van der Waals surface area contributed by atoms with Crippen LogP contribution in [-0.4, -0.2) is 0 Å². The number of anilines is 2. The molecule has 32 heavy (non-hydrogen) atoms. The first-order valence-corrected chi connectivity index (χ1v) is 10.9. The Labute approximate surface area is 189 Å². The summed E-state index contributed by atoms with van der Waals surface area (Å²) >= 11 is 0. The second-order valence-corrected chi connectivity index (χ2v) is 7.84. The maximum Gasteiger partial charge on any atom is 0.129 e. The Balaban J connectivity index is 1.20. The fraction of sp³-hybridized carbons (Fsp3) is 0.143. The standard InChI is InChI=1S/C28H28N2O2/c29-23-7-3-9-27(19-23)31-25-15-11-21(12-16-25)5-1-2-6-22-13-17-26(18-14-22)32-28-10-4-8-24(30)20-28/h3-4,7-20H,1-2,5-6,29-30H2. The zero-order valence-electron chi connectivity index (χ0n) is 18.0. The van der Waals surface area contributed by atoms with Crippen LogP contribution in [0.4, 0.5) is 11.4 Å². The van der Waals surface area contributed by atoms with Crippen molar-refractivity contribution in [1.29, 1.82) is 0 Å². The number of aryl methyl sites for hydroxylation is 2. The van der Waals surface area contributed by atoms with E-state index in [0.29, 0.717) is 11.4 Å². The van der Waals surface area contributed by atoms with E-state index in [4.69, 9.17) is 20.9 Å². The monoisotopic (exact) mass is 424 g/mol. The third-order valence-corrected chi connectivity index (χ3v) is 5.22. The van der Waals surface area contributed by atoms with Crippen molar-refractivity contribution in [2.45, 2.75) is 25.7 Å². The van der Waals surface area contributed by atoms with Crippen LogP contribution in [0.3, 0.4) is 0 Å². The highest BCUT2D eigenvalue weighted by molar-refractivity contribution is 5.46. The highest BCUT2D eigenvalue weighted by Crippen LogP contribution is 2.25. The molecule has 0 aromatic heterocycles. The molecular formula is C28H28N2O2. The van der Waals surface area contributed by atoms with Gasteiger partial charge in [0.2, 0.25) is 0 Å². The molecule has 4 rings (SSSR count). The minimum absolute atomic E-state index is 0.697. The third kappa shape index (κ3) is 6.29. The summed E-state index contributed by atoms with van der Waals surface area (Å²) in [7, 11) is 0. The van der Waals surface area contributed by atoms with E-state index in [2.05, 4.69) is 24.3 Å². The van der Waals surface area contributed by atoms with Crippen molar-refractivity contribution in [3.8, 4) is 23.0 Å². The van der Waals surface area contributed by atoms with Gasteiger partial charge in [-0.3, -0.25) is 0 Å². The average Bonchev–Trinajstić information content (AvgIpc) is 2.79. The Morgan fingerprint density at radius 2 is 0.875 bits per heavy atom. The van der Waals surface area contributed by atoms with Crippen LogP contribution in [0, 0.1) is 0 Å². The van der Waals surface area contributed by atoms with Gasteiger partial charge in [-0.2, -0.15) is 0 Å². The van der Waals surface area contributed by atoms with Gasteiger partial charge in [0.15, 0.2) is 0 Å². The molecule has 0 heterocycles. The van der Waals surface area contributed by atoms with Crippen molar-refractivity contribution >= 4 is 11.4 Å². The largest absolute Gasteiger partial charge is 0.457 e. The minimum atomic E-state index is 0.697. The Morgan fingerprint density at radius 1 is 0.469 bits per heavy atom. The molecule has 4 aromatic carbocycles. The van der Waals surface area contributed by atoms with Crippen molar-refractivity contribution in [2.24, 2.45) is 0 Å². The second kappa shape index (κ2) is 10.4. The molecule has 162 valence electrons. The molecule has 4 N–H and O–H groups in total. The van der Waals surface area contributed by atoms with Crippen molar-refractivity contribution in [3.05, 3.63) is 108 Å². The van der Waals surface area contributed by atoms with Crippen molar-refractivity contribution in [3.63, 3.8) is 0 Å². The lowest BCUT2D eigenvalue weighted by Crippen LogP contribution is -1.91. The Bertz CT molecular complexity index is 1050. The van der Waals surface area contributed by atoms with Gasteiger partial charge in [-0.25, -0.2) is 0 Å². The molecule has 0 radical (unpaired) electrons. The summed E-state index contributed by atoms with van der Waals surface area (Å²) in [6.45, 7) is 0. The van der Waals surface area contributed by atoms with Crippen LogP contribution in [0.5, 0.6) is 23.0 Å². The van der Waals surface area contributed by atoms with E-state index in [9.17, 15) is 0 Å². The summed E-state index contributed by atoms with van der Waals surface area (Å²) in [6.07, 6.45) is 4.37. The molecule has 0 fully saturated rings. The van der Waals surface area contributed by atoms with Gasteiger partial charge in [0.1, 0.15) is 23.0 Å². The Hall–Kier alpha value is -3.92. The van der Waals surface area contributed by atoms with Gasteiger partial charge in [-0.1, -0.05) is 36.4 Å². The molecule has 0 unspecified atom stereocenters. The molecule has 4 nitrogen and oxygen atoms in total. The predicted octanol–water partition coefficient (Wildman–Crippen LogP) is 7.00. The van der Waals surface area contributed by atoms with Crippen LogP contribution < -0.4 is 20.9 Å². The topological polar surface area (TPSA) is 70.5 Å². The average molecular weight is 425 g/mol. The molecule has 0 atom stereocenters. The summed E-state index contributed by atoms with van der Waals surface area (Å²) in [5, 5.41) is 0. The zero-order valence-corrected chi connectivity index (χ0v) is 18.0. The van der Waals surface area contributed by atoms with Crippen LogP contribution in [-0.2, 0) is 12.8 Å². The minimum Gasteiger partial charge on any atom is -0.457 e. The van der Waals surface area contributed by atoms with E-state index >= 15 is 0 Å². The van der Waals surface area contributed by atoms with Gasteiger partial charge >= 0.3 is 0 Å². The van der Waals surface area contributed by atoms with Crippen molar-refractivity contribution in [2.75, 3.05) is 11.5 Å². The van der Waals surface area contributed by atoms with Crippen molar-refractivity contribution < 1.29 is 9.47 Å². The molecule has 0 saturated heterocycles. The first-order chi connectivity index (χ1) is 15.6. The van der Waals surface area contributed by atoms with Gasteiger partial charge < -0.3 is 20.9 Å². The molecule has 0 aliphatic carbocycles. The maximum absolute atomic E-state index is 5.85. The molecule has 0 aliphatic heterocycles. The summed E-state index contributed by atoms with van der Waals surface area (Å²) < 4.78 is 11.7. The summed E-state index contributed by atoms with van der Waals surface area (Å²) in [5.41, 5.74) is 15.6. The molecular weight excluding hydrogens is 396 g/mol. The summed E-state index contributed by atoms with van der Waals surface area (Å²) in [5.74, 6) is 3.14. The van der Waals surface area contributed by atoms with E-state index in [-0.39, 0.29) is 0 Å². The SMILES string of the molecule is Nc1cccc(Oc2ccc(CCCCc3ccc(Oc4cccc(N)c4)cc3)cc2)c1. The number of nitrogens with two attached hydrogens (primary N) is 2. The van der Waals surface area contributed by atoms with Gasteiger partial charge in [0, 0.05) is 23.5 Å².